The number of aryl methyl sites for hydroxylation is 1. The van der Waals surface area contributed by atoms with Gasteiger partial charge >= 0.3 is 6.03 Å². The van der Waals surface area contributed by atoms with Crippen molar-refractivity contribution in [2.24, 2.45) is 0 Å². The lowest BCUT2D eigenvalue weighted by atomic mass is 10.0. The largest absolute Gasteiger partial charge is 0.338 e. The van der Waals surface area contributed by atoms with Crippen molar-refractivity contribution in [3.63, 3.8) is 0 Å². The van der Waals surface area contributed by atoms with Crippen LogP contribution in [0, 0.1) is 12.7 Å². The topological polar surface area (TPSA) is 78.5 Å². The maximum atomic E-state index is 13.6. The quantitative estimate of drug-likeness (QED) is 0.673. The number of benzene rings is 2. The summed E-state index contributed by atoms with van der Waals surface area (Å²) in [5.41, 5.74) is 0.873. The first-order valence-corrected chi connectivity index (χ1v) is 11.7. The minimum atomic E-state index is -3.73. The van der Waals surface area contributed by atoms with Crippen LogP contribution in [0.4, 0.5) is 14.9 Å². The van der Waals surface area contributed by atoms with Crippen LogP contribution in [0.15, 0.2) is 47.4 Å². The second kappa shape index (κ2) is 9.76. The van der Waals surface area contributed by atoms with Crippen LogP contribution in [0.5, 0.6) is 0 Å². The third-order valence-corrected chi connectivity index (χ3v) is 7.34. The summed E-state index contributed by atoms with van der Waals surface area (Å²) < 4.78 is 41.3. The van der Waals surface area contributed by atoms with Crippen molar-refractivity contribution in [2.75, 3.05) is 18.4 Å². The third kappa shape index (κ3) is 5.50. The average molecular weight is 454 g/mol. The number of carbonyl (C=O) groups excluding carboxylic acids is 1. The molecule has 1 aliphatic rings. The monoisotopic (exact) mass is 453 g/mol. The fourth-order valence-electron chi connectivity index (χ4n) is 3.59. The third-order valence-electron chi connectivity index (χ3n) is 5.15. The van der Waals surface area contributed by atoms with E-state index in [1.54, 1.807) is 31.2 Å². The van der Waals surface area contributed by atoms with E-state index in [0.29, 0.717) is 35.8 Å². The Hall–Kier alpha value is -2.16. The van der Waals surface area contributed by atoms with Gasteiger partial charge in [-0.05, 0) is 68.1 Å². The number of nitrogens with zero attached hydrogens (tertiary/aromatic N) is 1. The molecule has 0 saturated carbocycles. The molecule has 2 aromatic rings. The Morgan fingerprint density at radius 3 is 2.77 bits per heavy atom. The van der Waals surface area contributed by atoms with Gasteiger partial charge in [-0.2, -0.15) is 4.31 Å². The second-order valence-electron chi connectivity index (χ2n) is 7.36. The lowest BCUT2D eigenvalue weighted by molar-refractivity contribution is 0.234. The van der Waals surface area contributed by atoms with E-state index in [-0.39, 0.29) is 17.0 Å². The van der Waals surface area contributed by atoms with E-state index in [1.165, 1.54) is 22.5 Å². The number of carbonyl (C=O) groups is 1. The first-order chi connectivity index (χ1) is 14.3. The summed E-state index contributed by atoms with van der Waals surface area (Å²) in [5, 5.41) is 5.98. The van der Waals surface area contributed by atoms with Gasteiger partial charge in [0.25, 0.3) is 0 Å². The van der Waals surface area contributed by atoms with Crippen molar-refractivity contribution in [3.8, 4) is 0 Å². The van der Waals surface area contributed by atoms with Crippen molar-refractivity contribution in [1.29, 1.82) is 0 Å². The van der Waals surface area contributed by atoms with Crippen LogP contribution in [-0.4, -0.2) is 37.9 Å². The number of piperidine rings is 1. The fraction of sp³-hybridized carbons (Fsp3) is 0.381. The van der Waals surface area contributed by atoms with Crippen molar-refractivity contribution in [1.82, 2.24) is 9.62 Å². The first-order valence-electron chi connectivity index (χ1n) is 9.86. The summed E-state index contributed by atoms with van der Waals surface area (Å²) in [6.45, 7) is 2.29. The van der Waals surface area contributed by atoms with Crippen molar-refractivity contribution in [2.45, 2.75) is 43.5 Å². The molecule has 0 radical (unpaired) electrons. The number of nitrogens with one attached hydrogen (secondary N) is 2. The molecule has 1 fully saturated rings. The van der Waals surface area contributed by atoms with Gasteiger partial charge in [0.05, 0.1) is 4.90 Å². The van der Waals surface area contributed by atoms with Gasteiger partial charge in [0.15, 0.2) is 0 Å². The van der Waals surface area contributed by atoms with E-state index in [9.17, 15) is 17.6 Å². The summed E-state index contributed by atoms with van der Waals surface area (Å²) in [5.74, 6) is -0.431. The Morgan fingerprint density at radius 1 is 1.23 bits per heavy atom. The number of halogens is 2. The molecular formula is C21H25ClFN3O3S. The summed E-state index contributed by atoms with van der Waals surface area (Å²) in [6, 6.07) is 10.1. The molecular weight excluding hydrogens is 429 g/mol. The van der Waals surface area contributed by atoms with Crippen LogP contribution < -0.4 is 10.6 Å². The molecule has 3 rings (SSSR count). The molecule has 1 heterocycles. The van der Waals surface area contributed by atoms with Gasteiger partial charge in [0, 0.05) is 29.8 Å². The second-order valence-corrected chi connectivity index (χ2v) is 9.68. The van der Waals surface area contributed by atoms with Gasteiger partial charge in [0.1, 0.15) is 5.82 Å². The normalized spacial score (nSPS) is 17.5. The van der Waals surface area contributed by atoms with E-state index in [2.05, 4.69) is 10.6 Å². The minimum Gasteiger partial charge on any atom is -0.338 e. The highest BCUT2D eigenvalue weighted by molar-refractivity contribution is 7.89. The number of amides is 2. The van der Waals surface area contributed by atoms with Gasteiger partial charge in [-0.1, -0.05) is 24.1 Å². The molecule has 162 valence electrons. The zero-order valence-electron chi connectivity index (χ0n) is 16.7. The average Bonchev–Trinajstić information content (AvgIpc) is 2.70. The lowest BCUT2D eigenvalue weighted by Gasteiger charge is -2.34. The zero-order chi connectivity index (χ0) is 21.7. The molecule has 2 amide bonds. The van der Waals surface area contributed by atoms with Gasteiger partial charge in [-0.3, -0.25) is 0 Å². The SMILES string of the molecule is Cc1cc(S(=O)(=O)N2CCCC[C@@H]2CCNC(=O)Nc2cccc(Cl)c2)ccc1F. The summed E-state index contributed by atoms with van der Waals surface area (Å²) in [6.07, 6.45) is 2.91. The highest BCUT2D eigenvalue weighted by Crippen LogP contribution is 2.27. The van der Waals surface area contributed by atoms with E-state index >= 15 is 0 Å². The Bertz CT molecular complexity index is 1020. The van der Waals surface area contributed by atoms with Crippen LogP contribution in [0.2, 0.25) is 5.02 Å². The molecule has 1 saturated heterocycles. The van der Waals surface area contributed by atoms with Crippen LogP contribution >= 0.6 is 11.6 Å². The first kappa shape index (κ1) is 22.5. The van der Waals surface area contributed by atoms with E-state index in [4.69, 9.17) is 11.6 Å². The number of urea groups is 1. The highest BCUT2D eigenvalue weighted by Gasteiger charge is 2.33. The van der Waals surface area contributed by atoms with Gasteiger partial charge in [0.2, 0.25) is 10.0 Å². The van der Waals surface area contributed by atoms with Gasteiger partial charge in [-0.15, -0.1) is 0 Å². The smallest absolute Gasteiger partial charge is 0.319 e. The number of hydrogen-bond acceptors (Lipinski definition) is 3. The van der Waals surface area contributed by atoms with Crippen molar-refractivity contribution < 1.29 is 17.6 Å². The van der Waals surface area contributed by atoms with Crippen molar-refractivity contribution in [3.05, 3.63) is 58.9 Å². The molecule has 0 aromatic heterocycles. The predicted octanol–water partition coefficient (Wildman–Crippen LogP) is 4.54. The molecule has 0 spiro atoms. The van der Waals surface area contributed by atoms with E-state index < -0.39 is 15.8 Å². The summed E-state index contributed by atoms with van der Waals surface area (Å²) in [4.78, 5) is 12.2. The molecule has 2 N–H and O–H groups in total. The Labute approximate surface area is 181 Å². The van der Waals surface area contributed by atoms with Crippen LogP contribution in [0.1, 0.15) is 31.2 Å². The zero-order valence-corrected chi connectivity index (χ0v) is 18.3. The number of hydrogen-bond donors (Lipinski definition) is 2. The van der Waals surface area contributed by atoms with E-state index in [0.717, 1.165) is 19.3 Å². The molecule has 6 nitrogen and oxygen atoms in total. The molecule has 0 unspecified atom stereocenters. The maximum absolute atomic E-state index is 13.6. The summed E-state index contributed by atoms with van der Waals surface area (Å²) >= 11 is 5.91. The van der Waals surface area contributed by atoms with Crippen LogP contribution in [-0.2, 0) is 10.0 Å². The van der Waals surface area contributed by atoms with Gasteiger partial charge in [-0.25, -0.2) is 17.6 Å². The maximum Gasteiger partial charge on any atom is 0.319 e. The molecule has 0 bridgehead atoms. The van der Waals surface area contributed by atoms with Gasteiger partial charge < -0.3 is 10.6 Å². The summed E-state index contributed by atoms with van der Waals surface area (Å²) in [7, 11) is -3.73. The molecule has 0 aliphatic carbocycles. The Morgan fingerprint density at radius 2 is 2.03 bits per heavy atom. The Kier molecular flexibility index (Phi) is 7.33. The van der Waals surface area contributed by atoms with Crippen molar-refractivity contribution >= 4 is 33.3 Å². The molecule has 2 aromatic carbocycles. The van der Waals surface area contributed by atoms with E-state index in [1.807, 2.05) is 0 Å². The number of sulfonamides is 1. The standard InChI is InChI=1S/C21H25ClFN3O3S/c1-15-13-19(8-9-20(15)23)30(28,29)26-12-3-2-7-18(26)10-11-24-21(27)25-17-6-4-5-16(22)14-17/h4-6,8-9,13-14,18H,2-3,7,10-12H2,1H3,(H2,24,25,27)/t18-/m1/s1. The van der Waals surface area contributed by atoms with Crippen LogP contribution in [0.25, 0.3) is 0 Å². The van der Waals surface area contributed by atoms with Crippen LogP contribution in [0.3, 0.4) is 0 Å². The fourth-order valence-corrected chi connectivity index (χ4v) is 5.59. The number of rotatable bonds is 6. The molecule has 30 heavy (non-hydrogen) atoms. The highest BCUT2D eigenvalue weighted by atomic mass is 35.5. The molecule has 1 atom stereocenters. The number of anilines is 1. The Balaban J connectivity index is 1.61. The minimum absolute atomic E-state index is 0.0972. The molecule has 9 heteroatoms. The lowest BCUT2D eigenvalue weighted by Crippen LogP contribution is -2.45. The predicted molar refractivity (Wildman–Crippen MR) is 116 cm³/mol. The molecule has 1 aliphatic heterocycles.